The van der Waals surface area contributed by atoms with E-state index in [1.165, 1.54) is 0 Å². The highest BCUT2D eigenvalue weighted by molar-refractivity contribution is 6.33. The van der Waals surface area contributed by atoms with Gasteiger partial charge in [0.2, 0.25) is 0 Å². The molecule has 11 rings (SSSR count). The summed E-state index contributed by atoms with van der Waals surface area (Å²) < 4.78 is 13.6. The second kappa shape index (κ2) is 12.1. The van der Waals surface area contributed by atoms with Gasteiger partial charge in [-0.1, -0.05) is 103 Å². The van der Waals surface area contributed by atoms with Gasteiger partial charge in [0, 0.05) is 66.8 Å². The highest BCUT2D eigenvalue weighted by Gasteiger charge is 2.23. The molecule has 0 radical (unpaired) electrons. The second-order valence-corrected chi connectivity index (χ2v) is 13.7. The summed E-state index contributed by atoms with van der Waals surface area (Å²) in [4.78, 5) is 4.61. The molecule has 254 valence electrons. The first-order valence-electron chi connectivity index (χ1n) is 18.3. The number of benzene rings is 9. The van der Waals surface area contributed by atoms with Crippen molar-refractivity contribution in [2.45, 2.75) is 0 Å². The zero-order chi connectivity index (χ0) is 35.6. The first kappa shape index (κ1) is 30.3. The van der Waals surface area contributed by atoms with Gasteiger partial charge in [0.1, 0.15) is 22.3 Å². The molecule has 11 aromatic rings. The van der Waals surface area contributed by atoms with Crippen molar-refractivity contribution in [3.63, 3.8) is 0 Å². The molecule has 0 atom stereocenters. The molecule has 0 aliphatic carbocycles. The van der Waals surface area contributed by atoms with E-state index in [1.54, 1.807) is 0 Å². The van der Waals surface area contributed by atoms with Crippen molar-refractivity contribution < 1.29 is 8.83 Å². The molecule has 4 heteroatoms. The van der Waals surface area contributed by atoms with E-state index in [4.69, 9.17) is 8.83 Å². The van der Waals surface area contributed by atoms with Crippen molar-refractivity contribution in [3.8, 4) is 0 Å². The Balaban J connectivity index is 1.14. The van der Waals surface area contributed by atoms with E-state index >= 15 is 0 Å². The number of furan rings is 2. The Labute approximate surface area is 311 Å². The monoisotopic (exact) mass is 692 g/mol. The van der Waals surface area contributed by atoms with Crippen LogP contribution in [-0.2, 0) is 0 Å². The summed E-state index contributed by atoms with van der Waals surface area (Å²) >= 11 is 0. The van der Waals surface area contributed by atoms with Crippen LogP contribution >= 0.6 is 0 Å². The minimum Gasteiger partial charge on any atom is -0.456 e. The number of anilines is 6. The largest absolute Gasteiger partial charge is 0.456 e. The average Bonchev–Trinajstić information content (AvgIpc) is 3.81. The summed E-state index contributed by atoms with van der Waals surface area (Å²) in [5, 5.41) is 8.78. The minimum atomic E-state index is 0.838. The molecule has 0 spiro atoms. The number of hydrogen-bond donors (Lipinski definition) is 0. The van der Waals surface area contributed by atoms with Crippen LogP contribution in [0.3, 0.4) is 0 Å². The predicted molar refractivity (Wildman–Crippen MR) is 225 cm³/mol. The zero-order valence-electron chi connectivity index (χ0n) is 29.2. The Bertz CT molecular complexity index is 3070. The maximum Gasteiger partial charge on any atom is 0.143 e. The molecule has 0 saturated carbocycles. The molecule has 0 aliphatic heterocycles. The molecule has 4 nitrogen and oxygen atoms in total. The Morgan fingerprint density at radius 2 is 0.796 bits per heavy atom. The standard InChI is InChI=1S/C50H32N2O2/c1-5-15-34(16-6-1)51(35-17-7-2-8-18-35)38-26-28-39-33(31-38)25-27-42-48-44(54-50(39)42)29-30-45-49(48)47-41-24-14-13-23-40(41)43(32-46(47)53-45)52(36-19-9-3-10-20-36)37-21-11-4-12-22-37/h1-32H. The maximum atomic E-state index is 6.79. The fourth-order valence-corrected chi connectivity index (χ4v) is 8.25. The molecule has 0 bridgehead atoms. The molecule has 0 aliphatic rings. The summed E-state index contributed by atoms with van der Waals surface area (Å²) in [6, 6.07) is 68.1. The lowest BCUT2D eigenvalue weighted by atomic mass is 9.98. The van der Waals surface area contributed by atoms with Gasteiger partial charge in [-0.2, -0.15) is 0 Å². The average molecular weight is 693 g/mol. The normalized spacial score (nSPS) is 11.7. The molecule has 54 heavy (non-hydrogen) atoms. The van der Waals surface area contributed by atoms with E-state index in [-0.39, 0.29) is 0 Å². The quantitative estimate of drug-likeness (QED) is 0.174. The van der Waals surface area contributed by atoms with E-state index in [9.17, 15) is 0 Å². The SMILES string of the molecule is c1ccc(N(c2ccccc2)c2ccc3c(ccc4c3oc3ccc5oc6cc(N(c7ccccc7)c7ccccc7)c7ccccc7c6c5c34)c2)cc1. The molecular formula is C50H32N2O2. The van der Waals surface area contributed by atoms with Crippen LogP contribution in [0.2, 0.25) is 0 Å². The van der Waals surface area contributed by atoms with E-state index in [2.05, 4.69) is 204 Å². The van der Waals surface area contributed by atoms with Crippen molar-refractivity contribution in [1.29, 1.82) is 0 Å². The fourth-order valence-electron chi connectivity index (χ4n) is 8.25. The smallest absolute Gasteiger partial charge is 0.143 e. The van der Waals surface area contributed by atoms with Gasteiger partial charge in [-0.05, 0) is 95.7 Å². The van der Waals surface area contributed by atoms with Crippen LogP contribution in [0, 0.1) is 0 Å². The summed E-state index contributed by atoms with van der Waals surface area (Å²) in [6.07, 6.45) is 0. The van der Waals surface area contributed by atoms with E-state index in [1.807, 2.05) is 0 Å². The summed E-state index contributed by atoms with van der Waals surface area (Å²) in [7, 11) is 0. The summed E-state index contributed by atoms with van der Waals surface area (Å²) in [6.45, 7) is 0. The molecule has 9 aromatic carbocycles. The van der Waals surface area contributed by atoms with Crippen LogP contribution < -0.4 is 9.80 Å². The number of para-hydroxylation sites is 4. The van der Waals surface area contributed by atoms with E-state index in [0.717, 1.165) is 99.5 Å². The number of hydrogen-bond acceptors (Lipinski definition) is 4. The predicted octanol–water partition coefficient (Wildman–Crippen LogP) is 14.7. The van der Waals surface area contributed by atoms with Gasteiger partial charge in [-0.3, -0.25) is 0 Å². The van der Waals surface area contributed by atoms with Crippen molar-refractivity contribution in [2.75, 3.05) is 9.80 Å². The first-order chi connectivity index (χ1) is 26.8. The molecule has 0 saturated heterocycles. The Morgan fingerprint density at radius 3 is 1.41 bits per heavy atom. The number of fused-ring (bicyclic) bond motifs is 11. The lowest BCUT2D eigenvalue weighted by Crippen LogP contribution is -2.10. The second-order valence-electron chi connectivity index (χ2n) is 13.7. The van der Waals surface area contributed by atoms with Crippen LogP contribution in [0.25, 0.3) is 65.4 Å². The third-order valence-corrected chi connectivity index (χ3v) is 10.6. The van der Waals surface area contributed by atoms with Gasteiger partial charge in [0.25, 0.3) is 0 Å². The number of rotatable bonds is 6. The molecule has 2 aromatic heterocycles. The van der Waals surface area contributed by atoms with E-state index < -0.39 is 0 Å². The lowest BCUT2D eigenvalue weighted by Gasteiger charge is -2.26. The maximum absolute atomic E-state index is 6.79. The van der Waals surface area contributed by atoms with Crippen molar-refractivity contribution in [3.05, 3.63) is 194 Å². The van der Waals surface area contributed by atoms with Gasteiger partial charge >= 0.3 is 0 Å². The van der Waals surface area contributed by atoms with Crippen LogP contribution in [0.1, 0.15) is 0 Å². The molecular weight excluding hydrogens is 661 g/mol. The lowest BCUT2D eigenvalue weighted by molar-refractivity contribution is 0.664. The molecule has 0 amide bonds. The van der Waals surface area contributed by atoms with Gasteiger partial charge in [-0.25, -0.2) is 0 Å². The first-order valence-corrected chi connectivity index (χ1v) is 18.3. The highest BCUT2D eigenvalue weighted by Crippen LogP contribution is 2.48. The zero-order valence-corrected chi connectivity index (χ0v) is 29.2. The van der Waals surface area contributed by atoms with Crippen LogP contribution in [-0.4, -0.2) is 0 Å². The Morgan fingerprint density at radius 1 is 0.296 bits per heavy atom. The van der Waals surface area contributed by atoms with Crippen molar-refractivity contribution >= 4 is 99.5 Å². The van der Waals surface area contributed by atoms with Gasteiger partial charge < -0.3 is 18.6 Å². The Kier molecular flexibility index (Phi) is 6.82. The van der Waals surface area contributed by atoms with Crippen molar-refractivity contribution in [1.82, 2.24) is 0 Å². The van der Waals surface area contributed by atoms with Crippen LogP contribution in [0.4, 0.5) is 34.1 Å². The van der Waals surface area contributed by atoms with Gasteiger partial charge in [0.15, 0.2) is 0 Å². The summed E-state index contributed by atoms with van der Waals surface area (Å²) in [5.41, 5.74) is 9.91. The summed E-state index contributed by atoms with van der Waals surface area (Å²) in [5.74, 6) is 0. The molecule has 0 fully saturated rings. The van der Waals surface area contributed by atoms with Crippen molar-refractivity contribution in [2.24, 2.45) is 0 Å². The van der Waals surface area contributed by atoms with Gasteiger partial charge in [-0.15, -0.1) is 0 Å². The van der Waals surface area contributed by atoms with Gasteiger partial charge in [0.05, 0.1) is 5.69 Å². The highest BCUT2D eigenvalue weighted by atomic mass is 16.3. The molecule has 0 N–H and O–H groups in total. The van der Waals surface area contributed by atoms with Crippen LogP contribution in [0.15, 0.2) is 203 Å². The van der Waals surface area contributed by atoms with E-state index in [0.29, 0.717) is 0 Å². The Hall–Kier alpha value is -7.30. The number of nitrogens with zero attached hydrogens (tertiary/aromatic N) is 2. The minimum absolute atomic E-state index is 0.838. The third-order valence-electron chi connectivity index (χ3n) is 10.6. The topological polar surface area (TPSA) is 32.8 Å². The van der Waals surface area contributed by atoms with Crippen LogP contribution in [0.5, 0.6) is 0 Å². The molecule has 2 heterocycles. The fraction of sp³-hybridized carbons (Fsp3) is 0. The molecule has 0 unspecified atom stereocenters. The third kappa shape index (κ3) is 4.70.